The molecule has 0 N–H and O–H groups in total. The van der Waals surface area contributed by atoms with Crippen molar-refractivity contribution < 1.29 is 0 Å². The van der Waals surface area contributed by atoms with Gasteiger partial charge in [-0.05, 0) is 35.4 Å². The lowest BCUT2D eigenvalue weighted by molar-refractivity contribution is 1.20. The molecule has 0 saturated carbocycles. The molecule has 2 aromatic rings. The van der Waals surface area contributed by atoms with Crippen molar-refractivity contribution in [3.8, 4) is 0 Å². The molecule has 0 nitrogen and oxygen atoms in total. The number of thiophene rings is 2. The molecule has 2 rings (SSSR count). The first kappa shape index (κ1) is 10.5. The highest BCUT2D eigenvalue weighted by Crippen LogP contribution is 2.40. The number of hydrogen-bond acceptors (Lipinski definition) is 2. The fourth-order valence-electron chi connectivity index (χ4n) is 1.25. The molecular weight excluding hydrogens is 255 g/mol. The van der Waals surface area contributed by atoms with Crippen molar-refractivity contribution in [1.29, 1.82) is 0 Å². The van der Waals surface area contributed by atoms with Gasteiger partial charge in [-0.1, -0.05) is 11.6 Å². The van der Waals surface area contributed by atoms with Crippen molar-refractivity contribution >= 4 is 45.9 Å². The monoisotopic (exact) mass is 262 g/mol. The molecule has 0 bridgehead atoms. The average molecular weight is 263 g/mol. The molecule has 0 spiro atoms. The van der Waals surface area contributed by atoms with E-state index in [-0.39, 0.29) is 5.38 Å². The van der Waals surface area contributed by atoms with Crippen molar-refractivity contribution in [2.45, 2.75) is 12.3 Å². The van der Waals surface area contributed by atoms with Gasteiger partial charge in [0.05, 0.1) is 5.02 Å². The summed E-state index contributed by atoms with van der Waals surface area (Å²) in [5.74, 6) is 0. The summed E-state index contributed by atoms with van der Waals surface area (Å²) in [4.78, 5) is 2.23. The lowest BCUT2D eigenvalue weighted by atomic mass is 10.2. The highest BCUT2D eigenvalue weighted by atomic mass is 35.5. The highest BCUT2D eigenvalue weighted by molar-refractivity contribution is 7.12. The van der Waals surface area contributed by atoms with E-state index in [0.29, 0.717) is 0 Å². The van der Waals surface area contributed by atoms with E-state index in [1.807, 2.05) is 11.4 Å². The Morgan fingerprint density at radius 2 is 1.79 bits per heavy atom. The molecule has 0 amide bonds. The quantitative estimate of drug-likeness (QED) is 0.661. The van der Waals surface area contributed by atoms with Crippen molar-refractivity contribution in [2.75, 3.05) is 0 Å². The third kappa shape index (κ3) is 1.84. The van der Waals surface area contributed by atoms with E-state index in [1.54, 1.807) is 22.7 Å². The fourth-order valence-corrected chi connectivity index (χ4v) is 4.04. The number of aryl methyl sites for hydroxylation is 1. The summed E-state index contributed by atoms with van der Waals surface area (Å²) >= 11 is 15.7. The second kappa shape index (κ2) is 4.23. The molecular formula is C10H8Cl2S2. The minimum absolute atomic E-state index is 0.0949. The molecule has 2 aromatic heterocycles. The lowest BCUT2D eigenvalue weighted by Crippen LogP contribution is -1.88. The highest BCUT2D eigenvalue weighted by Gasteiger charge is 2.18. The Bertz CT molecular complexity index is 391. The second-order valence-corrected chi connectivity index (χ2v) is 5.70. The van der Waals surface area contributed by atoms with Crippen LogP contribution < -0.4 is 0 Å². The van der Waals surface area contributed by atoms with Crippen LogP contribution >= 0.6 is 45.9 Å². The Labute approximate surface area is 101 Å². The standard InChI is InChI=1S/C10H8Cl2S2/c1-6-2-4-13-9(6)8(12)10-7(11)3-5-14-10/h2-5,8H,1H3. The summed E-state index contributed by atoms with van der Waals surface area (Å²) in [7, 11) is 0. The van der Waals surface area contributed by atoms with Gasteiger partial charge in [-0.25, -0.2) is 0 Å². The zero-order chi connectivity index (χ0) is 10.1. The van der Waals surface area contributed by atoms with Gasteiger partial charge >= 0.3 is 0 Å². The van der Waals surface area contributed by atoms with Crippen molar-refractivity contribution in [3.05, 3.63) is 43.2 Å². The Morgan fingerprint density at radius 3 is 2.29 bits per heavy atom. The normalized spacial score (nSPS) is 13.1. The van der Waals surface area contributed by atoms with Crippen molar-refractivity contribution in [1.82, 2.24) is 0 Å². The van der Waals surface area contributed by atoms with Gasteiger partial charge in [-0.15, -0.1) is 34.3 Å². The van der Waals surface area contributed by atoms with Crippen LogP contribution in [0.15, 0.2) is 22.9 Å². The molecule has 0 aromatic carbocycles. The second-order valence-electron chi connectivity index (χ2n) is 2.96. The summed E-state index contributed by atoms with van der Waals surface area (Å²) in [6, 6.07) is 3.97. The number of rotatable bonds is 2. The third-order valence-corrected chi connectivity index (χ3v) is 5.21. The summed E-state index contributed by atoms with van der Waals surface area (Å²) in [5, 5.41) is 4.70. The van der Waals surface area contributed by atoms with E-state index in [0.717, 1.165) is 9.90 Å². The summed E-state index contributed by atoms with van der Waals surface area (Å²) in [6.07, 6.45) is 0. The van der Waals surface area contributed by atoms with Gasteiger partial charge in [-0.2, -0.15) is 0 Å². The van der Waals surface area contributed by atoms with E-state index in [1.165, 1.54) is 10.4 Å². The first-order chi connectivity index (χ1) is 6.70. The van der Waals surface area contributed by atoms with Crippen LogP contribution in [0.25, 0.3) is 0 Å². The molecule has 14 heavy (non-hydrogen) atoms. The van der Waals surface area contributed by atoms with Crippen LogP contribution in [-0.4, -0.2) is 0 Å². The molecule has 0 aliphatic carbocycles. The lowest BCUT2D eigenvalue weighted by Gasteiger charge is -2.06. The maximum Gasteiger partial charge on any atom is 0.104 e. The molecule has 0 radical (unpaired) electrons. The van der Waals surface area contributed by atoms with Crippen LogP contribution in [0.2, 0.25) is 5.02 Å². The average Bonchev–Trinajstić information content (AvgIpc) is 2.73. The molecule has 0 aliphatic heterocycles. The van der Waals surface area contributed by atoms with Gasteiger partial charge in [0.1, 0.15) is 5.38 Å². The van der Waals surface area contributed by atoms with E-state index in [4.69, 9.17) is 23.2 Å². The summed E-state index contributed by atoms with van der Waals surface area (Å²) < 4.78 is 0. The minimum atomic E-state index is -0.0949. The van der Waals surface area contributed by atoms with Crippen molar-refractivity contribution in [3.63, 3.8) is 0 Å². The maximum absolute atomic E-state index is 6.36. The number of hydrogen-bond donors (Lipinski definition) is 0. The molecule has 0 aliphatic rings. The van der Waals surface area contributed by atoms with Crippen LogP contribution in [0, 0.1) is 6.92 Å². The maximum atomic E-state index is 6.36. The Kier molecular flexibility index (Phi) is 3.17. The van der Waals surface area contributed by atoms with E-state index >= 15 is 0 Å². The summed E-state index contributed by atoms with van der Waals surface area (Å²) in [5.41, 5.74) is 1.24. The molecule has 1 unspecified atom stereocenters. The van der Waals surface area contributed by atoms with Gasteiger partial charge < -0.3 is 0 Å². The minimum Gasteiger partial charge on any atom is -0.147 e. The third-order valence-electron chi connectivity index (χ3n) is 2.01. The van der Waals surface area contributed by atoms with E-state index in [9.17, 15) is 0 Å². The molecule has 2 heterocycles. The molecule has 0 saturated heterocycles. The summed E-state index contributed by atoms with van der Waals surface area (Å²) in [6.45, 7) is 2.07. The Balaban J connectivity index is 2.38. The molecule has 1 atom stereocenters. The number of alkyl halides is 1. The number of halogens is 2. The topological polar surface area (TPSA) is 0 Å². The first-order valence-corrected chi connectivity index (χ1v) is 6.68. The fraction of sp³-hybridized carbons (Fsp3) is 0.200. The first-order valence-electron chi connectivity index (χ1n) is 4.11. The predicted octanol–water partition coefficient (Wildman–Crippen LogP) is 5.10. The Hall–Kier alpha value is -0.0200. The zero-order valence-electron chi connectivity index (χ0n) is 7.46. The van der Waals surface area contributed by atoms with Gasteiger partial charge in [-0.3, -0.25) is 0 Å². The zero-order valence-corrected chi connectivity index (χ0v) is 10.6. The van der Waals surface area contributed by atoms with Crippen LogP contribution in [0.4, 0.5) is 0 Å². The van der Waals surface area contributed by atoms with Gasteiger partial charge in [0, 0.05) is 9.75 Å². The SMILES string of the molecule is Cc1ccsc1C(Cl)c1sccc1Cl. The van der Waals surface area contributed by atoms with Crippen LogP contribution in [0.1, 0.15) is 20.7 Å². The van der Waals surface area contributed by atoms with E-state index in [2.05, 4.69) is 18.4 Å². The molecule has 74 valence electrons. The predicted molar refractivity (Wildman–Crippen MR) is 66.1 cm³/mol. The van der Waals surface area contributed by atoms with Crippen molar-refractivity contribution in [2.24, 2.45) is 0 Å². The Morgan fingerprint density at radius 1 is 1.14 bits per heavy atom. The van der Waals surface area contributed by atoms with Gasteiger partial charge in [0.2, 0.25) is 0 Å². The molecule has 0 fully saturated rings. The van der Waals surface area contributed by atoms with Crippen LogP contribution in [-0.2, 0) is 0 Å². The largest absolute Gasteiger partial charge is 0.147 e. The smallest absolute Gasteiger partial charge is 0.104 e. The van der Waals surface area contributed by atoms with Crippen LogP contribution in [0.3, 0.4) is 0 Å². The molecule has 4 heteroatoms. The van der Waals surface area contributed by atoms with Crippen LogP contribution in [0.5, 0.6) is 0 Å². The van der Waals surface area contributed by atoms with Gasteiger partial charge in [0.15, 0.2) is 0 Å². The van der Waals surface area contributed by atoms with Gasteiger partial charge in [0.25, 0.3) is 0 Å². The van der Waals surface area contributed by atoms with E-state index < -0.39 is 0 Å².